The second-order valence-corrected chi connectivity index (χ2v) is 4.66. The topological polar surface area (TPSA) is 48.1 Å². The molecule has 0 radical (unpaired) electrons. The summed E-state index contributed by atoms with van der Waals surface area (Å²) in [6, 6.07) is 11.8. The summed E-state index contributed by atoms with van der Waals surface area (Å²) in [5.74, 6) is 0.835. The normalized spacial score (nSPS) is 11.3. The third-order valence-electron chi connectivity index (χ3n) is 2.93. The number of aromatic nitrogens is 1. The average Bonchev–Trinajstić information content (AvgIpc) is 2.40. The molecule has 0 spiro atoms. The summed E-state index contributed by atoms with van der Waals surface area (Å²) < 4.78 is 6.10. The molecule has 0 saturated carbocycles. The van der Waals surface area contributed by atoms with Crippen molar-refractivity contribution in [3.8, 4) is 5.75 Å². The van der Waals surface area contributed by atoms with Crippen molar-refractivity contribution >= 4 is 0 Å². The molecular formula is C15H18N2O. The first-order valence-electron chi connectivity index (χ1n) is 6.01. The lowest BCUT2D eigenvalue weighted by molar-refractivity contribution is 0.107. The van der Waals surface area contributed by atoms with Gasteiger partial charge in [0, 0.05) is 24.5 Å². The minimum atomic E-state index is -0.409. The molecule has 0 aliphatic carbocycles. The summed E-state index contributed by atoms with van der Waals surface area (Å²) in [6.45, 7) is 4.55. The average molecular weight is 242 g/mol. The summed E-state index contributed by atoms with van der Waals surface area (Å²) in [7, 11) is 0. The van der Waals surface area contributed by atoms with Gasteiger partial charge < -0.3 is 10.5 Å². The van der Waals surface area contributed by atoms with Crippen molar-refractivity contribution < 1.29 is 4.74 Å². The van der Waals surface area contributed by atoms with Gasteiger partial charge in [0.1, 0.15) is 11.4 Å². The monoisotopic (exact) mass is 242 g/mol. The Hall–Kier alpha value is -1.87. The fraction of sp³-hybridized carbons (Fsp3) is 0.267. The minimum absolute atomic E-state index is 0.409. The van der Waals surface area contributed by atoms with E-state index in [2.05, 4.69) is 4.98 Å². The van der Waals surface area contributed by atoms with Gasteiger partial charge in [-0.1, -0.05) is 18.2 Å². The summed E-state index contributed by atoms with van der Waals surface area (Å²) in [4.78, 5) is 4.02. The Morgan fingerprint density at radius 2 is 1.78 bits per heavy atom. The summed E-state index contributed by atoms with van der Waals surface area (Å²) >= 11 is 0. The van der Waals surface area contributed by atoms with E-state index < -0.39 is 5.60 Å². The highest BCUT2D eigenvalue weighted by atomic mass is 16.5. The van der Waals surface area contributed by atoms with Crippen LogP contribution in [0.1, 0.15) is 25.0 Å². The molecule has 3 nitrogen and oxygen atoms in total. The molecular weight excluding hydrogens is 224 g/mol. The van der Waals surface area contributed by atoms with Crippen LogP contribution in [-0.2, 0) is 12.1 Å². The third kappa shape index (κ3) is 2.68. The number of ether oxygens (including phenoxy) is 1. The highest BCUT2D eigenvalue weighted by molar-refractivity contribution is 5.34. The van der Waals surface area contributed by atoms with E-state index in [0.717, 1.165) is 16.9 Å². The Kier molecular flexibility index (Phi) is 3.63. The van der Waals surface area contributed by atoms with E-state index in [1.54, 1.807) is 12.4 Å². The van der Waals surface area contributed by atoms with E-state index >= 15 is 0 Å². The van der Waals surface area contributed by atoms with Crippen molar-refractivity contribution in [2.24, 2.45) is 5.73 Å². The molecule has 0 atom stereocenters. The van der Waals surface area contributed by atoms with Crippen LogP contribution in [0, 0.1) is 0 Å². The van der Waals surface area contributed by atoms with E-state index in [-0.39, 0.29) is 0 Å². The predicted octanol–water partition coefficient (Wildman–Crippen LogP) is 2.85. The fourth-order valence-electron chi connectivity index (χ4n) is 1.86. The first-order valence-corrected chi connectivity index (χ1v) is 6.01. The quantitative estimate of drug-likeness (QED) is 0.896. The number of nitrogens with two attached hydrogens (primary N) is 1. The second-order valence-electron chi connectivity index (χ2n) is 4.66. The maximum atomic E-state index is 6.10. The van der Waals surface area contributed by atoms with Gasteiger partial charge in [0.2, 0.25) is 0 Å². The lowest BCUT2D eigenvalue weighted by Crippen LogP contribution is -2.26. The summed E-state index contributed by atoms with van der Waals surface area (Å²) in [5, 5.41) is 0. The van der Waals surface area contributed by atoms with Crippen LogP contribution in [0.4, 0.5) is 0 Å². The predicted molar refractivity (Wildman–Crippen MR) is 72.2 cm³/mol. The highest BCUT2D eigenvalue weighted by Gasteiger charge is 2.23. The maximum absolute atomic E-state index is 6.10. The van der Waals surface area contributed by atoms with E-state index in [1.807, 2.05) is 50.2 Å². The van der Waals surface area contributed by atoms with E-state index in [9.17, 15) is 0 Å². The zero-order chi connectivity index (χ0) is 13.0. The molecule has 0 aliphatic rings. The van der Waals surface area contributed by atoms with Crippen LogP contribution in [0.5, 0.6) is 5.75 Å². The summed E-state index contributed by atoms with van der Waals surface area (Å²) in [6.07, 6.45) is 3.55. The van der Waals surface area contributed by atoms with Gasteiger partial charge in [0.15, 0.2) is 0 Å². The zero-order valence-corrected chi connectivity index (χ0v) is 10.8. The number of rotatable bonds is 4. The van der Waals surface area contributed by atoms with Crippen LogP contribution in [-0.4, -0.2) is 4.98 Å². The molecule has 1 aromatic carbocycles. The molecule has 18 heavy (non-hydrogen) atoms. The van der Waals surface area contributed by atoms with Crippen LogP contribution >= 0.6 is 0 Å². The molecule has 2 N–H and O–H groups in total. The van der Waals surface area contributed by atoms with Crippen molar-refractivity contribution in [2.75, 3.05) is 0 Å². The van der Waals surface area contributed by atoms with Crippen LogP contribution in [0.2, 0.25) is 0 Å². The molecule has 0 unspecified atom stereocenters. The number of hydrogen-bond donors (Lipinski definition) is 1. The summed E-state index contributed by atoms with van der Waals surface area (Å²) in [5.41, 5.74) is 7.41. The largest absolute Gasteiger partial charge is 0.483 e. The molecule has 0 fully saturated rings. The molecule has 0 bridgehead atoms. The van der Waals surface area contributed by atoms with E-state index in [0.29, 0.717) is 6.54 Å². The fourth-order valence-corrected chi connectivity index (χ4v) is 1.86. The molecule has 1 heterocycles. The van der Waals surface area contributed by atoms with Crippen LogP contribution in [0.25, 0.3) is 0 Å². The van der Waals surface area contributed by atoms with Gasteiger partial charge in [-0.25, -0.2) is 0 Å². The van der Waals surface area contributed by atoms with E-state index in [4.69, 9.17) is 10.5 Å². The third-order valence-corrected chi connectivity index (χ3v) is 2.93. The van der Waals surface area contributed by atoms with Crippen molar-refractivity contribution in [3.63, 3.8) is 0 Å². The number of benzene rings is 1. The van der Waals surface area contributed by atoms with Crippen molar-refractivity contribution in [1.29, 1.82) is 0 Å². The molecule has 0 amide bonds. The number of pyridine rings is 1. The van der Waals surface area contributed by atoms with Gasteiger partial charge in [-0.2, -0.15) is 0 Å². The molecule has 0 saturated heterocycles. The van der Waals surface area contributed by atoms with Gasteiger partial charge in [0.05, 0.1) is 0 Å². The van der Waals surface area contributed by atoms with Crippen molar-refractivity contribution in [3.05, 3.63) is 59.9 Å². The molecule has 94 valence electrons. The standard InChI is InChI=1S/C15H18N2O/c1-15(2,13-7-9-17-10-8-13)18-14-6-4-3-5-12(14)11-16/h3-10H,11,16H2,1-2H3. The zero-order valence-electron chi connectivity index (χ0n) is 10.8. The smallest absolute Gasteiger partial charge is 0.129 e. The van der Waals surface area contributed by atoms with Gasteiger partial charge in [0.25, 0.3) is 0 Å². The molecule has 2 rings (SSSR count). The Morgan fingerprint density at radius 3 is 2.44 bits per heavy atom. The van der Waals surface area contributed by atoms with E-state index in [1.165, 1.54) is 0 Å². The van der Waals surface area contributed by atoms with Crippen LogP contribution < -0.4 is 10.5 Å². The number of hydrogen-bond acceptors (Lipinski definition) is 3. The van der Waals surface area contributed by atoms with Gasteiger partial charge >= 0.3 is 0 Å². The minimum Gasteiger partial charge on any atom is -0.483 e. The Morgan fingerprint density at radius 1 is 1.11 bits per heavy atom. The van der Waals surface area contributed by atoms with Gasteiger partial charge in [-0.15, -0.1) is 0 Å². The first-order chi connectivity index (χ1) is 8.63. The maximum Gasteiger partial charge on any atom is 0.129 e. The first kappa shape index (κ1) is 12.6. The molecule has 2 aromatic rings. The highest BCUT2D eigenvalue weighted by Crippen LogP contribution is 2.29. The van der Waals surface area contributed by atoms with Crippen LogP contribution in [0.3, 0.4) is 0 Å². The lowest BCUT2D eigenvalue weighted by atomic mass is 9.99. The van der Waals surface area contributed by atoms with Crippen molar-refractivity contribution in [2.45, 2.75) is 26.0 Å². The van der Waals surface area contributed by atoms with Gasteiger partial charge in [-0.05, 0) is 37.6 Å². The number of nitrogens with zero attached hydrogens (tertiary/aromatic N) is 1. The van der Waals surface area contributed by atoms with Crippen molar-refractivity contribution in [1.82, 2.24) is 4.98 Å². The SMILES string of the molecule is CC(C)(Oc1ccccc1CN)c1ccncc1. The number of para-hydroxylation sites is 1. The van der Waals surface area contributed by atoms with Crippen LogP contribution in [0.15, 0.2) is 48.8 Å². The van der Waals surface area contributed by atoms with Gasteiger partial charge in [-0.3, -0.25) is 4.98 Å². The Labute approximate surface area is 108 Å². The molecule has 1 aromatic heterocycles. The second kappa shape index (κ2) is 5.19. The Bertz CT molecular complexity index is 509. The molecule has 0 aliphatic heterocycles. The Balaban J connectivity index is 2.28. The lowest BCUT2D eigenvalue weighted by Gasteiger charge is -2.28. The molecule has 3 heteroatoms.